The molecule has 20 heavy (non-hydrogen) atoms. The van der Waals surface area contributed by atoms with E-state index >= 15 is 0 Å². The standard InChI is InChI=1S/C16H27N3O/c1-4-9-19-11-12(17)10-14(19)15(20)18-13-5-7-16(2,3)8-6-13/h10-11,13H,4-9,17H2,1-3H3,(H,18,20). The van der Waals surface area contributed by atoms with E-state index in [2.05, 4.69) is 26.1 Å². The fourth-order valence-electron chi connectivity index (χ4n) is 2.95. The Hall–Kier alpha value is -1.45. The van der Waals surface area contributed by atoms with Crippen molar-refractivity contribution in [1.82, 2.24) is 9.88 Å². The number of anilines is 1. The smallest absolute Gasteiger partial charge is 0.268 e. The molecule has 0 unspecified atom stereocenters. The molecule has 1 saturated carbocycles. The first kappa shape index (κ1) is 14.9. The van der Waals surface area contributed by atoms with Crippen molar-refractivity contribution in [2.24, 2.45) is 5.41 Å². The van der Waals surface area contributed by atoms with Crippen molar-refractivity contribution in [3.8, 4) is 0 Å². The Morgan fingerprint density at radius 3 is 2.70 bits per heavy atom. The van der Waals surface area contributed by atoms with E-state index < -0.39 is 0 Å². The fraction of sp³-hybridized carbons (Fsp3) is 0.688. The molecule has 0 aromatic carbocycles. The molecule has 0 spiro atoms. The second-order valence-electron chi connectivity index (χ2n) is 6.76. The molecular formula is C16H27N3O. The lowest BCUT2D eigenvalue weighted by atomic mass is 9.75. The van der Waals surface area contributed by atoms with Crippen LogP contribution in [0.4, 0.5) is 5.69 Å². The maximum absolute atomic E-state index is 12.4. The van der Waals surface area contributed by atoms with Crippen LogP contribution < -0.4 is 11.1 Å². The van der Waals surface area contributed by atoms with Gasteiger partial charge in [-0.05, 0) is 43.6 Å². The molecule has 1 fully saturated rings. The van der Waals surface area contributed by atoms with Crippen LogP contribution in [-0.4, -0.2) is 16.5 Å². The summed E-state index contributed by atoms with van der Waals surface area (Å²) in [4.78, 5) is 12.4. The second kappa shape index (κ2) is 5.90. The number of amides is 1. The van der Waals surface area contributed by atoms with Crippen LogP contribution in [0.3, 0.4) is 0 Å². The van der Waals surface area contributed by atoms with E-state index in [1.165, 1.54) is 12.8 Å². The molecule has 1 aromatic heterocycles. The largest absolute Gasteiger partial charge is 0.397 e. The average Bonchev–Trinajstić information content (AvgIpc) is 2.74. The molecule has 0 saturated heterocycles. The van der Waals surface area contributed by atoms with Crippen LogP contribution in [0.25, 0.3) is 0 Å². The first-order chi connectivity index (χ1) is 9.41. The number of aromatic nitrogens is 1. The summed E-state index contributed by atoms with van der Waals surface area (Å²) < 4.78 is 1.96. The minimum absolute atomic E-state index is 0.0138. The van der Waals surface area contributed by atoms with Crippen molar-refractivity contribution < 1.29 is 4.79 Å². The van der Waals surface area contributed by atoms with E-state index in [1.807, 2.05) is 10.8 Å². The molecule has 1 aromatic rings. The lowest BCUT2D eigenvalue weighted by Gasteiger charge is -2.34. The Balaban J connectivity index is 1.98. The number of nitrogens with zero attached hydrogens (tertiary/aromatic N) is 1. The van der Waals surface area contributed by atoms with Crippen molar-refractivity contribution in [1.29, 1.82) is 0 Å². The van der Waals surface area contributed by atoms with Gasteiger partial charge in [0.2, 0.25) is 0 Å². The van der Waals surface area contributed by atoms with Gasteiger partial charge in [-0.15, -0.1) is 0 Å². The fourth-order valence-corrected chi connectivity index (χ4v) is 2.95. The monoisotopic (exact) mass is 277 g/mol. The van der Waals surface area contributed by atoms with Crippen LogP contribution in [0.1, 0.15) is 63.4 Å². The zero-order chi connectivity index (χ0) is 14.8. The number of hydrogen-bond donors (Lipinski definition) is 2. The van der Waals surface area contributed by atoms with E-state index in [-0.39, 0.29) is 5.91 Å². The van der Waals surface area contributed by atoms with Gasteiger partial charge in [0.25, 0.3) is 5.91 Å². The third-order valence-electron chi connectivity index (χ3n) is 4.29. The SMILES string of the molecule is CCCn1cc(N)cc1C(=O)NC1CCC(C)(C)CC1. The van der Waals surface area contributed by atoms with Gasteiger partial charge < -0.3 is 15.6 Å². The van der Waals surface area contributed by atoms with Gasteiger partial charge in [-0.1, -0.05) is 20.8 Å². The molecule has 3 N–H and O–H groups in total. The number of carbonyl (C=O) groups is 1. The summed E-state index contributed by atoms with van der Waals surface area (Å²) in [5.74, 6) is 0.0138. The molecule has 4 heteroatoms. The van der Waals surface area contributed by atoms with E-state index in [4.69, 9.17) is 5.73 Å². The van der Waals surface area contributed by atoms with Gasteiger partial charge in [0.05, 0.1) is 5.69 Å². The first-order valence-corrected chi connectivity index (χ1v) is 7.68. The number of aryl methyl sites for hydroxylation is 1. The van der Waals surface area contributed by atoms with Crippen LogP contribution in [-0.2, 0) is 6.54 Å². The quantitative estimate of drug-likeness (QED) is 0.888. The molecule has 2 rings (SSSR count). The van der Waals surface area contributed by atoms with Crippen LogP contribution in [0.15, 0.2) is 12.3 Å². The number of rotatable bonds is 4. The molecule has 1 heterocycles. The zero-order valence-electron chi connectivity index (χ0n) is 12.9. The van der Waals surface area contributed by atoms with Gasteiger partial charge in [-0.2, -0.15) is 0 Å². The Labute approximate surface area is 121 Å². The zero-order valence-corrected chi connectivity index (χ0v) is 12.9. The number of nitrogen functional groups attached to an aromatic ring is 1. The maximum atomic E-state index is 12.4. The number of hydrogen-bond acceptors (Lipinski definition) is 2. The topological polar surface area (TPSA) is 60.0 Å². The van der Waals surface area contributed by atoms with Gasteiger partial charge in [0.15, 0.2) is 0 Å². The van der Waals surface area contributed by atoms with E-state index in [9.17, 15) is 4.79 Å². The molecule has 0 aliphatic heterocycles. The second-order valence-corrected chi connectivity index (χ2v) is 6.76. The Morgan fingerprint density at radius 1 is 1.45 bits per heavy atom. The van der Waals surface area contributed by atoms with E-state index in [0.717, 1.165) is 25.8 Å². The predicted octanol–water partition coefficient (Wildman–Crippen LogP) is 3.18. The Morgan fingerprint density at radius 2 is 2.10 bits per heavy atom. The summed E-state index contributed by atoms with van der Waals surface area (Å²) in [6, 6.07) is 2.08. The summed E-state index contributed by atoms with van der Waals surface area (Å²) in [6.07, 6.45) is 7.34. The summed E-state index contributed by atoms with van der Waals surface area (Å²) in [7, 11) is 0. The lowest BCUT2D eigenvalue weighted by molar-refractivity contribution is 0.0899. The Bertz CT molecular complexity index is 466. The molecule has 1 aliphatic carbocycles. The summed E-state index contributed by atoms with van der Waals surface area (Å²) in [6.45, 7) is 7.54. The van der Waals surface area contributed by atoms with Gasteiger partial charge in [0, 0.05) is 18.8 Å². The lowest BCUT2D eigenvalue weighted by Crippen LogP contribution is -2.39. The third kappa shape index (κ3) is 3.56. The molecule has 1 aliphatic rings. The van der Waals surface area contributed by atoms with Crippen molar-refractivity contribution in [3.05, 3.63) is 18.0 Å². The molecule has 112 valence electrons. The van der Waals surface area contributed by atoms with Crippen molar-refractivity contribution >= 4 is 11.6 Å². The van der Waals surface area contributed by atoms with Crippen LogP contribution in [0.5, 0.6) is 0 Å². The summed E-state index contributed by atoms with van der Waals surface area (Å²) in [5, 5.41) is 3.17. The summed E-state index contributed by atoms with van der Waals surface area (Å²) in [5.41, 5.74) is 7.59. The summed E-state index contributed by atoms with van der Waals surface area (Å²) >= 11 is 0. The highest BCUT2D eigenvalue weighted by atomic mass is 16.2. The first-order valence-electron chi connectivity index (χ1n) is 7.68. The van der Waals surface area contributed by atoms with Crippen molar-refractivity contribution in [3.63, 3.8) is 0 Å². The van der Waals surface area contributed by atoms with Crippen LogP contribution >= 0.6 is 0 Å². The highest BCUT2D eigenvalue weighted by Crippen LogP contribution is 2.35. The molecular weight excluding hydrogens is 250 g/mol. The van der Waals surface area contributed by atoms with Gasteiger partial charge in [-0.25, -0.2) is 0 Å². The van der Waals surface area contributed by atoms with Gasteiger partial charge in [-0.3, -0.25) is 4.79 Å². The van der Waals surface area contributed by atoms with E-state index in [1.54, 1.807) is 6.07 Å². The molecule has 0 radical (unpaired) electrons. The highest BCUT2D eigenvalue weighted by Gasteiger charge is 2.28. The van der Waals surface area contributed by atoms with E-state index in [0.29, 0.717) is 22.8 Å². The van der Waals surface area contributed by atoms with Crippen molar-refractivity contribution in [2.75, 3.05) is 5.73 Å². The third-order valence-corrected chi connectivity index (χ3v) is 4.29. The number of nitrogens with two attached hydrogens (primary N) is 1. The average molecular weight is 277 g/mol. The molecule has 1 amide bonds. The molecule has 0 bridgehead atoms. The number of nitrogens with one attached hydrogen (secondary N) is 1. The predicted molar refractivity (Wildman–Crippen MR) is 82.6 cm³/mol. The highest BCUT2D eigenvalue weighted by molar-refractivity contribution is 5.94. The minimum Gasteiger partial charge on any atom is -0.397 e. The van der Waals surface area contributed by atoms with Crippen LogP contribution in [0, 0.1) is 5.41 Å². The maximum Gasteiger partial charge on any atom is 0.268 e. The Kier molecular flexibility index (Phi) is 4.41. The molecule has 4 nitrogen and oxygen atoms in total. The van der Waals surface area contributed by atoms with Crippen LogP contribution in [0.2, 0.25) is 0 Å². The van der Waals surface area contributed by atoms with Gasteiger partial charge in [0.1, 0.15) is 5.69 Å². The number of carbonyl (C=O) groups excluding carboxylic acids is 1. The molecule has 0 atom stereocenters. The minimum atomic E-state index is 0.0138. The van der Waals surface area contributed by atoms with Crippen molar-refractivity contribution in [2.45, 2.75) is 65.5 Å². The normalized spacial score (nSPS) is 18.9. The van der Waals surface area contributed by atoms with Gasteiger partial charge >= 0.3 is 0 Å².